The van der Waals surface area contributed by atoms with Gasteiger partial charge >= 0.3 is 5.97 Å². The van der Waals surface area contributed by atoms with E-state index in [1.54, 1.807) is 11.0 Å². The van der Waals surface area contributed by atoms with Crippen molar-refractivity contribution < 1.29 is 20.1 Å². The fourth-order valence-corrected chi connectivity index (χ4v) is 1.92. The lowest BCUT2D eigenvalue weighted by Gasteiger charge is -2.18. The molecule has 0 bridgehead atoms. The van der Waals surface area contributed by atoms with Gasteiger partial charge < -0.3 is 26.0 Å². The number of β-amino-alcohol motifs (C(OH)–C–C–N with tert-alkyl or cyclic N) is 2. The molecule has 1 aromatic carbocycles. The van der Waals surface area contributed by atoms with Gasteiger partial charge in [-0.05, 0) is 18.2 Å². The van der Waals surface area contributed by atoms with Gasteiger partial charge in [0.15, 0.2) is 0 Å². The van der Waals surface area contributed by atoms with E-state index in [9.17, 15) is 15.0 Å². The first-order valence-electron chi connectivity index (χ1n) is 5.23. The zero-order chi connectivity index (χ0) is 12.6. The number of nitrogens with zero attached hydrogens (tertiary/aromatic N) is 1. The molecule has 1 saturated heterocycles. The largest absolute Gasteiger partial charge is 0.478 e. The molecule has 5 N–H and O–H groups in total. The maximum atomic E-state index is 10.8. The van der Waals surface area contributed by atoms with Crippen LogP contribution in [0.3, 0.4) is 0 Å². The number of rotatable bonds is 2. The number of nitrogen functional groups attached to an aromatic ring is 1. The standard InChI is InChI=1S/C11H14N2O4/c12-8-3-6(1-2-7(8)11(16)17)13-4-9(14)10(15)5-13/h1-3,9-10,14-15H,4-5,12H2,(H,16,17). The van der Waals surface area contributed by atoms with Gasteiger partial charge in [0.1, 0.15) is 0 Å². The number of aromatic carboxylic acids is 1. The summed E-state index contributed by atoms with van der Waals surface area (Å²) in [6, 6.07) is 4.57. The van der Waals surface area contributed by atoms with Crippen molar-refractivity contribution in [1.82, 2.24) is 0 Å². The third-order valence-corrected chi connectivity index (χ3v) is 2.89. The first-order valence-corrected chi connectivity index (χ1v) is 5.23. The Balaban J connectivity index is 2.24. The first-order chi connectivity index (χ1) is 7.99. The van der Waals surface area contributed by atoms with E-state index in [1.807, 2.05) is 0 Å². The number of carboxylic acids is 1. The van der Waals surface area contributed by atoms with Crippen molar-refractivity contribution in [3.63, 3.8) is 0 Å². The van der Waals surface area contributed by atoms with E-state index in [-0.39, 0.29) is 11.3 Å². The summed E-state index contributed by atoms with van der Waals surface area (Å²) in [5, 5.41) is 27.7. The number of hydrogen-bond acceptors (Lipinski definition) is 5. The molecule has 1 heterocycles. The molecule has 92 valence electrons. The van der Waals surface area contributed by atoms with Crippen LogP contribution in [0.15, 0.2) is 18.2 Å². The molecule has 1 aliphatic heterocycles. The molecule has 0 radical (unpaired) electrons. The highest BCUT2D eigenvalue weighted by Crippen LogP contribution is 2.25. The summed E-state index contributed by atoms with van der Waals surface area (Å²) in [7, 11) is 0. The van der Waals surface area contributed by atoms with Gasteiger partial charge in [0.25, 0.3) is 0 Å². The van der Waals surface area contributed by atoms with Gasteiger partial charge in [-0.25, -0.2) is 4.79 Å². The smallest absolute Gasteiger partial charge is 0.337 e. The predicted molar refractivity (Wildman–Crippen MR) is 62.0 cm³/mol. The van der Waals surface area contributed by atoms with E-state index in [4.69, 9.17) is 10.8 Å². The van der Waals surface area contributed by atoms with E-state index >= 15 is 0 Å². The Morgan fingerprint density at radius 2 is 1.88 bits per heavy atom. The van der Waals surface area contributed by atoms with Gasteiger partial charge in [0.05, 0.1) is 17.8 Å². The fraction of sp³-hybridized carbons (Fsp3) is 0.364. The molecule has 17 heavy (non-hydrogen) atoms. The summed E-state index contributed by atoms with van der Waals surface area (Å²) in [5.74, 6) is -1.07. The van der Waals surface area contributed by atoms with Crippen LogP contribution in [0.25, 0.3) is 0 Å². The average Bonchev–Trinajstić information content (AvgIpc) is 2.58. The Bertz CT molecular complexity index is 439. The van der Waals surface area contributed by atoms with Crippen molar-refractivity contribution in [2.75, 3.05) is 23.7 Å². The highest BCUT2D eigenvalue weighted by Gasteiger charge is 2.29. The van der Waals surface area contributed by atoms with Gasteiger partial charge in [-0.3, -0.25) is 0 Å². The normalized spacial score (nSPS) is 24.0. The van der Waals surface area contributed by atoms with Crippen LogP contribution in [0, 0.1) is 0 Å². The lowest BCUT2D eigenvalue weighted by Crippen LogP contribution is -2.22. The van der Waals surface area contributed by atoms with Crippen molar-refractivity contribution in [3.8, 4) is 0 Å². The SMILES string of the molecule is Nc1cc(N2CC(O)C(O)C2)ccc1C(=O)O. The summed E-state index contributed by atoms with van der Waals surface area (Å²) in [6.07, 6.45) is -1.56. The van der Waals surface area contributed by atoms with Crippen molar-refractivity contribution in [3.05, 3.63) is 23.8 Å². The van der Waals surface area contributed by atoms with Crippen LogP contribution in [0.1, 0.15) is 10.4 Å². The number of carboxylic acid groups (broad SMARTS) is 1. The molecule has 2 atom stereocenters. The van der Waals surface area contributed by atoms with Crippen LogP contribution < -0.4 is 10.6 Å². The maximum Gasteiger partial charge on any atom is 0.337 e. The van der Waals surface area contributed by atoms with Crippen molar-refractivity contribution in [1.29, 1.82) is 0 Å². The molecule has 1 aliphatic rings. The number of anilines is 2. The Morgan fingerprint density at radius 3 is 2.35 bits per heavy atom. The quantitative estimate of drug-likeness (QED) is 0.518. The molecular weight excluding hydrogens is 224 g/mol. The predicted octanol–water partition coefficient (Wildman–Crippen LogP) is -0.491. The third kappa shape index (κ3) is 2.17. The number of aliphatic hydroxyl groups is 2. The molecule has 2 unspecified atom stereocenters. The Kier molecular flexibility index (Phi) is 2.91. The summed E-state index contributed by atoms with van der Waals surface area (Å²) in [5.41, 5.74) is 6.55. The molecule has 2 rings (SSSR count). The molecule has 1 aromatic rings. The molecule has 0 spiro atoms. The van der Waals surface area contributed by atoms with E-state index in [0.717, 1.165) is 0 Å². The summed E-state index contributed by atoms with van der Waals surface area (Å²) >= 11 is 0. The number of benzene rings is 1. The van der Waals surface area contributed by atoms with Gasteiger partial charge in [0.2, 0.25) is 0 Å². The fourth-order valence-electron chi connectivity index (χ4n) is 1.92. The van der Waals surface area contributed by atoms with Crippen LogP contribution in [0.2, 0.25) is 0 Å². The molecule has 0 aliphatic carbocycles. The second kappa shape index (κ2) is 4.23. The minimum Gasteiger partial charge on any atom is -0.478 e. The van der Waals surface area contributed by atoms with Crippen LogP contribution in [-0.2, 0) is 0 Å². The van der Waals surface area contributed by atoms with Crippen LogP contribution in [-0.4, -0.2) is 46.6 Å². The molecule has 0 amide bonds. The Hall–Kier alpha value is -1.79. The van der Waals surface area contributed by atoms with Crippen LogP contribution in [0.5, 0.6) is 0 Å². The van der Waals surface area contributed by atoms with Crippen molar-refractivity contribution in [2.24, 2.45) is 0 Å². The van der Waals surface area contributed by atoms with Gasteiger partial charge in [-0.1, -0.05) is 0 Å². The lowest BCUT2D eigenvalue weighted by molar-refractivity contribution is 0.0572. The van der Waals surface area contributed by atoms with Gasteiger partial charge in [0, 0.05) is 24.5 Å². The first kappa shape index (κ1) is 11.7. The Morgan fingerprint density at radius 1 is 1.29 bits per heavy atom. The summed E-state index contributed by atoms with van der Waals surface area (Å²) in [4.78, 5) is 12.5. The molecular formula is C11H14N2O4. The lowest BCUT2D eigenvalue weighted by atomic mass is 10.1. The van der Waals surface area contributed by atoms with Crippen molar-refractivity contribution in [2.45, 2.75) is 12.2 Å². The molecule has 0 saturated carbocycles. The van der Waals surface area contributed by atoms with E-state index in [2.05, 4.69) is 0 Å². The number of aliphatic hydroxyl groups excluding tert-OH is 2. The van der Waals surface area contributed by atoms with E-state index in [1.165, 1.54) is 12.1 Å². The highest BCUT2D eigenvalue weighted by atomic mass is 16.4. The zero-order valence-electron chi connectivity index (χ0n) is 9.08. The monoisotopic (exact) mass is 238 g/mol. The van der Waals surface area contributed by atoms with E-state index in [0.29, 0.717) is 18.8 Å². The maximum absolute atomic E-state index is 10.8. The second-order valence-electron chi connectivity index (χ2n) is 4.12. The highest BCUT2D eigenvalue weighted by molar-refractivity contribution is 5.94. The van der Waals surface area contributed by atoms with Gasteiger partial charge in [-0.15, -0.1) is 0 Å². The van der Waals surface area contributed by atoms with Gasteiger partial charge in [-0.2, -0.15) is 0 Å². The van der Waals surface area contributed by atoms with Crippen LogP contribution >= 0.6 is 0 Å². The van der Waals surface area contributed by atoms with Crippen LogP contribution in [0.4, 0.5) is 11.4 Å². The molecule has 6 nitrogen and oxygen atoms in total. The Labute approximate surface area is 97.9 Å². The molecule has 0 aromatic heterocycles. The number of carbonyl (C=O) groups is 1. The van der Waals surface area contributed by atoms with Crippen molar-refractivity contribution >= 4 is 17.3 Å². The molecule has 1 fully saturated rings. The van der Waals surface area contributed by atoms with E-state index < -0.39 is 18.2 Å². The third-order valence-electron chi connectivity index (χ3n) is 2.89. The zero-order valence-corrected chi connectivity index (χ0v) is 9.08. The topological polar surface area (TPSA) is 107 Å². The average molecular weight is 238 g/mol. The number of hydrogen-bond donors (Lipinski definition) is 4. The summed E-state index contributed by atoms with van der Waals surface area (Å²) < 4.78 is 0. The molecule has 6 heteroatoms. The summed E-state index contributed by atoms with van der Waals surface area (Å²) in [6.45, 7) is 0.625. The second-order valence-corrected chi connectivity index (χ2v) is 4.12. The minimum atomic E-state index is -1.07. The number of nitrogens with two attached hydrogens (primary N) is 1. The minimum absolute atomic E-state index is 0.0500.